The van der Waals surface area contributed by atoms with Crippen LogP contribution in [0.4, 0.5) is 17.6 Å². The topological polar surface area (TPSA) is 39.2 Å². The van der Waals surface area contributed by atoms with E-state index in [1.54, 1.807) is 0 Å². The molecule has 0 atom stereocenters. The molecule has 1 heterocycles. The van der Waals surface area contributed by atoms with Crippen LogP contribution >= 0.6 is 0 Å². The Labute approximate surface area is 101 Å². The quantitative estimate of drug-likeness (QED) is 0.609. The van der Waals surface area contributed by atoms with E-state index in [4.69, 9.17) is 0 Å². The lowest BCUT2D eigenvalue weighted by Gasteiger charge is -2.18. The molecule has 0 N–H and O–H groups in total. The van der Waals surface area contributed by atoms with E-state index in [1.807, 2.05) is 0 Å². The van der Waals surface area contributed by atoms with Crippen LogP contribution in [-0.4, -0.2) is 18.1 Å². The number of pyridine rings is 1. The number of aromatic nitrogens is 1. The number of methoxy groups -OCH3 is 1. The molecule has 3 nitrogen and oxygen atoms in total. The standard InChI is InChI=1S/C11H11F4NO2/c1-10(2,12)8-6(9(17)18-3)4-5-7(16-8)11(13,14)15/h4-5H,1-3H3. The second kappa shape index (κ2) is 4.55. The summed E-state index contributed by atoms with van der Waals surface area (Å²) in [5, 5.41) is 0. The molecule has 18 heavy (non-hydrogen) atoms. The van der Waals surface area contributed by atoms with Gasteiger partial charge in [0.05, 0.1) is 18.4 Å². The van der Waals surface area contributed by atoms with Crippen LogP contribution in [-0.2, 0) is 16.6 Å². The van der Waals surface area contributed by atoms with Crippen LogP contribution in [0, 0.1) is 0 Å². The van der Waals surface area contributed by atoms with Crippen molar-refractivity contribution in [3.63, 3.8) is 0 Å². The van der Waals surface area contributed by atoms with Gasteiger partial charge < -0.3 is 4.74 Å². The third-order valence-electron chi connectivity index (χ3n) is 2.15. The lowest BCUT2D eigenvalue weighted by atomic mass is 10.0. The van der Waals surface area contributed by atoms with Gasteiger partial charge in [0.25, 0.3) is 0 Å². The molecule has 0 aliphatic heterocycles. The highest BCUT2D eigenvalue weighted by Crippen LogP contribution is 2.32. The van der Waals surface area contributed by atoms with Crippen LogP contribution in [0.5, 0.6) is 0 Å². The van der Waals surface area contributed by atoms with Crippen molar-refractivity contribution in [2.45, 2.75) is 25.7 Å². The van der Waals surface area contributed by atoms with Crippen molar-refractivity contribution in [2.75, 3.05) is 7.11 Å². The Balaban J connectivity index is 3.44. The van der Waals surface area contributed by atoms with Crippen molar-refractivity contribution in [2.24, 2.45) is 0 Å². The Morgan fingerprint density at radius 1 is 1.22 bits per heavy atom. The second-order valence-corrected chi connectivity index (χ2v) is 4.05. The third kappa shape index (κ3) is 2.96. The van der Waals surface area contributed by atoms with Crippen LogP contribution in [0.25, 0.3) is 0 Å². The summed E-state index contributed by atoms with van der Waals surface area (Å²) >= 11 is 0. The summed E-state index contributed by atoms with van der Waals surface area (Å²) in [6.07, 6.45) is -4.70. The first-order valence-electron chi connectivity index (χ1n) is 4.93. The van der Waals surface area contributed by atoms with Gasteiger partial charge in [0, 0.05) is 0 Å². The summed E-state index contributed by atoms with van der Waals surface area (Å²) < 4.78 is 55.6. The molecule has 0 radical (unpaired) electrons. The summed E-state index contributed by atoms with van der Waals surface area (Å²) in [6.45, 7) is 2.03. The van der Waals surface area contributed by atoms with Crippen LogP contribution in [0.15, 0.2) is 12.1 Å². The molecule has 1 aromatic heterocycles. The number of ether oxygens (including phenoxy) is 1. The van der Waals surface area contributed by atoms with E-state index in [-0.39, 0.29) is 5.56 Å². The smallest absolute Gasteiger partial charge is 0.433 e. The SMILES string of the molecule is COC(=O)c1ccc(C(F)(F)F)nc1C(C)(C)F. The molecule has 0 saturated heterocycles. The Hall–Kier alpha value is -1.66. The van der Waals surface area contributed by atoms with E-state index in [2.05, 4.69) is 9.72 Å². The van der Waals surface area contributed by atoms with Gasteiger partial charge in [-0.2, -0.15) is 13.2 Å². The second-order valence-electron chi connectivity index (χ2n) is 4.05. The minimum atomic E-state index is -4.70. The number of nitrogens with zero attached hydrogens (tertiary/aromatic N) is 1. The maximum atomic E-state index is 13.8. The van der Waals surface area contributed by atoms with Crippen molar-refractivity contribution < 1.29 is 27.1 Å². The van der Waals surface area contributed by atoms with E-state index in [0.717, 1.165) is 27.0 Å². The third-order valence-corrected chi connectivity index (χ3v) is 2.15. The molecule has 100 valence electrons. The molecule has 0 fully saturated rings. The molecule has 0 unspecified atom stereocenters. The maximum Gasteiger partial charge on any atom is 0.433 e. The summed E-state index contributed by atoms with van der Waals surface area (Å²) in [5.41, 5.74) is -4.36. The lowest BCUT2D eigenvalue weighted by Crippen LogP contribution is -2.21. The number of alkyl halides is 4. The van der Waals surface area contributed by atoms with Crippen molar-refractivity contribution in [3.05, 3.63) is 29.1 Å². The Morgan fingerprint density at radius 2 is 1.78 bits per heavy atom. The molecule has 7 heteroatoms. The van der Waals surface area contributed by atoms with Crippen molar-refractivity contribution in [1.82, 2.24) is 4.98 Å². The Bertz CT molecular complexity index is 463. The first-order chi connectivity index (χ1) is 8.07. The van der Waals surface area contributed by atoms with Crippen LogP contribution in [0.1, 0.15) is 35.6 Å². The highest BCUT2D eigenvalue weighted by atomic mass is 19.4. The zero-order chi connectivity index (χ0) is 14.1. The predicted octanol–water partition coefficient (Wildman–Crippen LogP) is 3.09. The monoisotopic (exact) mass is 265 g/mol. The molecule has 0 aliphatic rings. The highest BCUT2D eigenvalue weighted by Gasteiger charge is 2.36. The van der Waals surface area contributed by atoms with Gasteiger partial charge in [0.1, 0.15) is 11.4 Å². The van der Waals surface area contributed by atoms with Gasteiger partial charge in [0.2, 0.25) is 0 Å². The van der Waals surface area contributed by atoms with Gasteiger partial charge in [-0.05, 0) is 26.0 Å². The first kappa shape index (κ1) is 14.4. The highest BCUT2D eigenvalue weighted by molar-refractivity contribution is 5.90. The minimum Gasteiger partial charge on any atom is -0.465 e. The Morgan fingerprint density at radius 3 is 2.17 bits per heavy atom. The molecular formula is C11H11F4NO2. The number of hydrogen-bond acceptors (Lipinski definition) is 3. The van der Waals surface area contributed by atoms with E-state index < -0.39 is 29.2 Å². The summed E-state index contributed by atoms with van der Waals surface area (Å²) in [6, 6.07) is 1.47. The molecule has 1 aromatic rings. The van der Waals surface area contributed by atoms with Gasteiger partial charge in [0.15, 0.2) is 0 Å². The average molecular weight is 265 g/mol. The molecule has 0 saturated carbocycles. The molecule has 0 aromatic carbocycles. The number of esters is 1. The summed E-state index contributed by atoms with van der Waals surface area (Å²) in [5.74, 6) is -0.933. The van der Waals surface area contributed by atoms with Gasteiger partial charge in [-0.3, -0.25) is 0 Å². The molecular weight excluding hydrogens is 254 g/mol. The molecule has 1 rings (SSSR count). The van der Waals surface area contributed by atoms with E-state index in [9.17, 15) is 22.4 Å². The van der Waals surface area contributed by atoms with Crippen molar-refractivity contribution in [3.8, 4) is 0 Å². The van der Waals surface area contributed by atoms with E-state index in [1.165, 1.54) is 0 Å². The van der Waals surface area contributed by atoms with Crippen LogP contribution < -0.4 is 0 Å². The van der Waals surface area contributed by atoms with Gasteiger partial charge >= 0.3 is 12.1 Å². The first-order valence-corrected chi connectivity index (χ1v) is 4.93. The van der Waals surface area contributed by atoms with Gasteiger partial charge in [-0.1, -0.05) is 0 Å². The number of halogens is 4. The summed E-state index contributed by atoms with van der Waals surface area (Å²) in [4.78, 5) is 14.5. The number of hydrogen-bond donors (Lipinski definition) is 0. The van der Waals surface area contributed by atoms with Crippen LogP contribution in [0.3, 0.4) is 0 Å². The zero-order valence-corrected chi connectivity index (χ0v) is 9.93. The van der Waals surface area contributed by atoms with Crippen LogP contribution in [0.2, 0.25) is 0 Å². The largest absolute Gasteiger partial charge is 0.465 e. The fourth-order valence-electron chi connectivity index (χ4n) is 1.34. The molecule has 0 aliphatic carbocycles. The fraction of sp³-hybridized carbons (Fsp3) is 0.455. The fourth-order valence-corrected chi connectivity index (χ4v) is 1.34. The van der Waals surface area contributed by atoms with Gasteiger partial charge in [-0.15, -0.1) is 0 Å². The van der Waals surface area contributed by atoms with E-state index in [0.29, 0.717) is 6.07 Å². The number of carbonyl (C=O) groups excluding carboxylic acids is 1. The number of rotatable bonds is 2. The normalized spacial score (nSPS) is 12.4. The predicted molar refractivity (Wildman–Crippen MR) is 54.7 cm³/mol. The molecule has 0 bridgehead atoms. The molecule has 0 spiro atoms. The number of carbonyl (C=O) groups is 1. The Kier molecular flexibility index (Phi) is 3.64. The van der Waals surface area contributed by atoms with Gasteiger partial charge in [-0.25, -0.2) is 14.2 Å². The molecule has 0 amide bonds. The summed E-state index contributed by atoms with van der Waals surface area (Å²) in [7, 11) is 1.05. The minimum absolute atomic E-state index is 0.321. The average Bonchev–Trinajstić information content (AvgIpc) is 2.24. The van der Waals surface area contributed by atoms with Crippen molar-refractivity contribution >= 4 is 5.97 Å². The maximum absolute atomic E-state index is 13.8. The van der Waals surface area contributed by atoms with E-state index >= 15 is 0 Å². The zero-order valence-electron chi connectivity index (χ0n) is 9.93. The lowest BCUT2D eigenvalue weighted by molar-refractivity contribution is -0.141. The van der Waals surface area contributed by atoms with Crippen molar-refractivity contribution in [1.29, 1.82) is 0 Å².